The number of β-lactam (4-membered cyclic amide) rings is 1. The number of carbonyl (C=O) groups excluding carboxylic acids is 3. The number of aromatic nitrogens is 4. The number of rotatable bonds is 9. The van der Waals surface area contributed by atoms with Crippen molar-refractivity contribution in [3.63, 3.8) is 0 Å². The zero-order chi connectivity index (χ0) is 23.5. The molecule has 3 atom stereocenters. The normalized spacial score (nSPS) is 23.5. The van der Waals surface area contributed by atoms with Gasteiger partial charge >= 0.3 is 12.3 Å². The van der Waals surface area contributed by atoms with Gasteiger partial charge in [0.2, 0.25) is 17.3 Å². The second-order valence-corrected chi connectivity index (χ2v) is 8.56. The maximum Gasteiger partial charge on any atom is 0.528 e. The van der Waals surface area contributed by atoms with E-state index in [-0.39, 0.29) is 31.5 Å². The van der Waals surface area contributed by atoms with E-state index in [2.05, 4.69) is 28.7 Å². The molecule has 176 valence electrons. The maximum atomic E-state index is 13.0. The maximum absolute atomic E-state index is 13.0. The highest BCUT2D eigenvalue weighted by molar-refractivity contribution is 8.03. The minimum Gasteiger partial charge on any atom is -0.430 e. The third-order valence-electron chi connectivity index (χ3n) is 4.94. The fourth-order valence-electron chi connectivity index (χ4n) is 3.65. The Morgan fingerprint density at radius 1 is 1.21 bits per heavy atom. The summed E-state index contributed by atoms with van der Waals surface area (Å²) in [4.78, 5) is 44.6. The zero-order valence-electron chi connectivity index (χ0n) is 17.5. The van der Waals surface area contributed by atoms with Crippen LogP contribution >= 0.6 is 23.5 Å². The minimum absolute atomic E-state index is 0.0181. The molecule has 4 heterocycles. The second-order valence-electron chi connectivity index (χ2n) is 6.80. The molecule has 0 spiro atoms. The summed E-state index contributed by atoms with van der Waals surface area (Å²) in [5.41, 5.74) is 0.646. The molecule has 0 aromatic carbocycles. The van der Waals surface area contributed by atoms with Gasteiger partial charge in [0.15, 0.2) is 6.04 Å². The summed E-state index contributed by atoms with van der Waals surface area (Å²) in [6.45, 7) is 7.10. The number of thioether (sulfide) groups is 2. The first kappa shape index (κ1) is 23.1. The molecular weight excluding hydrogens is 476 g/mol. The monoisotopic (exact) mass is 496 g/mol. The fourth-order valence-corrected chi connectivity index (χ4v) is 5.32. The Hall–Kier alpha value is -3.04. The molecule has 0 saturated carbocycles. The van der Waals surface area contributed by atoms with Crippen molar-refractivity contribution in [1.29, 1.82) is 0 Å². The molecule has 33 heavy (non-hydrogen) atoms. The highest BCUT2D eigenvalue weighted by atomic mass is 32.2. The SMILES string of the molecule is C=CCOC(=O)OC1C(Cn2nnnc2SC)=C2SCN(OC(=O)OCC=C)[C@@H]3C(=O)N1[C@H]23. The van der Waals surface area contributed by atoms with E-state index in [1.807, 2.05) is 6.26 Å². The van der Waals surface area contributed by atoms with Crippen LogP contribution in [0, 0.1) is 0 Å². The molecule has 2 saturated heterocycles. The molecule has 0 bridgehead atoms. The van der Waals surface area contributed by atoms with Gasteiger partial charge in [0.25, 0.3) is 0 Å². The molecule has 0 N–H and O–H groups in total. The lowest BCUT2D eigenvalue weighted by Gasteiger charge is -2.50. The summed E-state index contributed by atoms with van der Waals surface area (Å²) in [5, 5.41) is 13.4. The van der Waals surface area contributed by atoms with Gasteiger partial charge in [-0.3, -0.25) is 9.69 Å². The highest BCUT2D eigenvalue weighted by Gasteiger charge is 2.64. The fraction of sp³-hybridized carbons (Fsp3) is 0.444. The van der Waals surface area contributed by atoms with E-state index in [0.29, 0.717) is 10.7 Å². The molecule has 3 aliphatic rings. The molecule has 4 rings (SSSR count). The smallest absolute Gasteiger partial charge is 0.430 e. The van der Waals surface area contributed by atoms with Crippen LogP contribution in [0.15, 0.2) is 40.9 Å². The Balaban J connectivity index is 1.59. The number of hydroxylamine groups is 2. The summed E-state index contributed by atoms with van der Waals surface area (Å²) in [5.74, 6) is -0.186. The summed E-state index contributed by atoms with van der Waals surface area (Å²) in [6.07, 6.45) is 1.75. The van der Waals surface area contributed by atoms with Gasteiger partial charge < -0.3 is 19.0 Å². The Kier molecular flexibility index (Phi) is 6.90. The predicted molar refractivity (Wildman–Crippen MR) is 114 cm³/mol. The standard InChI is InChI=1S/C18H20N6O7S2/c1-4-6-28-17(26)30-15-10(8-22-16(32-3)19-20-21-22)13-11-12(14(25)24(11)15)23(9-33-13)31-18(27)29-7-5-2/h4-5,11-12,15H,1-2,6-9H2,3H3/t11-,12-,15?/m0/s1. The average molecular weight is 497 g/mol. The first-order valence-electron chi connectivity index (χ1n) is 9.64. The molecule has 0 radical (unpaired) electrons. The Morgan fingerprint density at radius 3 is 2.64 bits per heavy atom. The highest BCUT2D eigenvalue weighted by Crippen LogP contribution is 2.51. The van der Waals surface area contributed by atoms with Gasteiger partial charge in [0, 0.05) is 10.5 Å². The molecule has 2 fully saturated rings. The van der Waals surface area contributed by atoms with E-state index in [0.717, 1.165) is 4.91 Å². The van der Waals surface area contributed by atoms with Crippen molar-refractivity contribution in [2.75, 3.05) is 25.3 Å². The first-order valence-corrected chi connectivity index (χ1v) is 11.9. The summed E-state index contributed by atoms with van der Waals surface area (Å²) in [7, 11) is 0. The summed E-state index contributed by atoms with van der Waals surface area (Å²) in [6, 6.07) is -1.23. The van der Waals surface area contributed by atoms with Gasteiger partial charge in [-0.25, -0.2) is 14.3 Å². The van der Waals surface area contributed by atoms with E-state index in [1.165, 1.54) is 45.6 Å². The number of carbonyl (C=O) groups is 3. The largest absolute Gasteiger partial charge is 0.528 e. The van der Waals surface area contributed by atoms with E-state index in [4.69, 9.17) is 19.0 Å². The van der Waals surface area contributed by atoms with Crippen LogP contribution in [-0.2, 0) is 30.4 Å². The number of hydrogen-bond donors (Lipinski definition) is 0. The average Bonchev–Trinajstić information content (AvgIpc) is 3.37. The zero-order valence-corrected chi connectivity index (χ0v) is 19.1. The van der Waals surface area contributed by atoms with E-state index >= 15 is 0 Å². The number of nitrogens with zero attached hydrogens (tertiary/aromatic N) is 6. The number of tetrazole rings is 1. The van der Waals surface area contributed by atoms with Crippen LogP contribution in [0.1, 0.15) is 0 Å². The molecular formula is C18H20N6O7S2. The summed E-state index contributed by atoms with van der Waals surface area (Å²) >= 11 is 2.71. The first-order chi connectivity index (χ1) is 16.0. The van der Waals surface area contributed by atoms with Crippen LogP contribution < -0.4 is 0 Å². The van der Waals surface area contributed by atoms with Gasteiger partial charge in [0.1, 0.15) is 13.2 Å². The lowest BCUT2D eigenvalue weighted by atomic mass is 9.97. The van der Waals surface area contributed by atoms with Gasteiger partial charge in [-0.2, -0.15) is 0 Å². The van der Waals surface area contributed by atoms with Crippen LogP contribution in [0.4, 0.5) is 9.59 Å². The Labute approximate surface area is 196 Å². The van der Waals surface area contributed by atoms with Crippen LogP contribution in [-0.4, -0.2) is 92.0 Å². The van der Waals surface area contributed by atoms with Gasteiger partial charge in [0.05, 0.1) is 18.5 Å². The molecule has 1 unspecified atom stereocenters. The number of ether oxygens (including phenoxy) is 3. The molecule has 1 amide bonds. The number of amides is 1. The van der Waals surface area contributed by atoms with Crippen LogP contribution in [0.25, 0.3) is 0 Å². The van der Waals surface area contributed by atoms with Crippen molar-refractivity contribution in [2.45, 2.75) is 30.0 Å². The van der Waals surface area contributed by atoms with Gasteiger partial charge in [-0.1, -0.05) is 37.1 Å². The summed E-state index contributed by atoms with van der Waals surface area (Å²) < 4.78 is 16.9. The third kappa shape index (κ3) is 4.30. The van der Waals surface area contributed by atoms with Crippen molar-refractivity contribution < 1.29 is 33.4 Å². The van der Waals surface area contributed by atoms with Crippen molar-refractivity contribution in [1.82, 2.24) is 30.2 Å². The van der Waals surface area contributed by atoms with Crippen molar-refractivity contribution in [3.8, 4) is 0 Å². The lowest BCUT2D eigenvalue weighted by Crippen LogP contribution is -2.72. The van der Waals surface area contributed by atoms with Gasteiger partial charge in [-0.05, 0) is 16.7 Å². The molecule has 13 nitrogen and oxygen atoms in total. The quantitative estimate of drug-likeness (QED) is 0.209. The molecule has 15 heteroatoms. The third-order valence-corrected chi connectivity index (χ3v) is 6.79. The minimum atomic E-state index is -1.01. The second kappa shape index (κ2) is 9.84. The van der Waals surface area contributed by atoms with E-state index in [9.17, 15) is 14.4 Å². The van der Waals surface area contributed by atoms with Crippen LogP contribution in [0.5, 0.6) is 0 Å². The van der Waals surface area contributed by atoms with Crippen molar-refractivity contribution in [2.24, 2.45) is 0 Å². The topological polar surface area (TPSA) is 138 Å². The Bertz CT molecular complexity index is 1010. The molecule has 3 aliphatic heterocycles. The van der Waals surface area contributed by atoms with Gasteiger partial charge in [-0.15, -0.1) is 21.9 Å². The Morgan fingerprint density at radius 2 is 1.94 bits per heavy atom. The van der Waals surface area contributed by atoms with E-state index < -0.39 is 30.6 Å². The number of hydrogen-bond acceptors (Lipinski definition) is 13. The van der Waals surface area contributed by atoms with Crippen LogP contribution in [0.2, 0.25) is 0 Å². The van der Waals surface area contributed by atoms with E-state index in [1.54, 1.807) is 4.68 Å². The van der Waals surface area contributed by atoms with Crippen molar-refractivity contribution >= 4 is 41.7 Å². The lowest BCUT2D eigenvalue weighted by molar-refractivity contribution is -0.206. The van der Waals surface area contributed by atoms with Crippen LogP contribution in [0.3, 0.4) is 0 Å². The molecule has 0 aliphatic carbocycles. The van der Waals surface area contributed by atoms with Crippen molar-refractivity contribution in [3.05, 3.63) is 35.8 Å². The predicted octanol–water partition coefficient (Wildman–Crippen LogP) is 1.17. The molecule has 1 aromatic heterocycles. The molecule has 1 aromatic rings.